The lowest BCUT2D eigenvalue weighted by Gasteiger charge is -2.03. The molecule has 6 heteroatoms. The molecular formula is C9H18O6. The van der Waals surface area contributed by atoms with Crippen molar-refractivity contribution in [1.29, 1.82) is 0 Å². The molecule has 0 amide bonds. The van der Waals surface area contributed by atoms with Crippen LogP contribution in [0.4, 0.5) is 0 Å². The van der Waals surface area contributed by atoms with Gasteiger partial charge in [-0.1, -0.05) is 6.92 Å². The summed E-state index contributed by atoms with van der Waals surface area (Å²) in [5, 5.41) is 32.2. The van der Waals surface area contributed by atoms with Crippen molar-refractivity contribution in [3.63, 3.8) is 0 Å². The smallest absolute Gasteiger partial charge is 0.314 e. The predicted octanol–water partition coefficient (Wildman–Crippen LogP) is -0.0670. The highest BCUT2D eigenvalue weighted by Gasteiger charge is 2.01. The van der Waals surface area contributed by atoms with E-state index in [2.05, 4.69) is 0 Å². The van der Waals surface area contributed by atoms with Crippen molar-refractivity contribution in [3.8, 4) is 0 Å². The fourth-order valence-electron chi connectivity index (χ4n) is 0.660. The van der Waals surface area contributed by atoms with E-state index in [-0.39, 0.29) is 13.2 Å². The SMILES string of the molecule is CC(CO)CCCO.O=C(O)CC(=O)O. The summed E-state index contributed by atoms with van der Waals surface area (Å²) in [7, 11) is 0. The summed E-state index contributed by atoms with van der Waals surface area (Å²) in [4.78, 5) is 18.9. The Bertz CT molecular complexity index is 167. The molecule has 0 radical (unpaired) electrons. The van der Waals surface area contributed by atoms with Crippen molar-refractivity contribution >= 4 is 11.9 Å². The molecule has 4 N–H and O–H groups in total. The second-order valence-electron chi connectivity index (χ2n) is 3.12. The van der Waals surface area contributed by atoms with Crippen molar-refractivity contribution < 1.29 is 30.0 Å². The van der Waals surface area contributed by atoms with Crippen LogP contribution in [-0.2, 0) is 9.59 Å². The molecule has 0 saturated heterocycles. The van der Waals surface area contributed by atoms with E-state index in [1.54, 1.807) is 0 Å². The minimum absolute atomic E-state index is 0.236. The molecule has 0 aromatic carbocycles. The Morgan fingerprint density at radius 1 is 1.13 bits per heavy atom. The zero-order chi connectivity index (χ0) is 12.3. The number of hydrogen-bond acceptors (Lipinski definition) is 4. The molecule has 0 aliphatic carbocycles. The Labute approximate surface area is 88.2 Å². The van der Waals surface area contributed by atoms with Crippen molar-refractivity contribution in [2.75, 3.05) is 13.2 Å². The van der Waals surface area contributed by atoms with Gasteiger partial charge in [0.25, 0.3) is 0 Å². The normalized spacial score (nSPS) is 11.1. The van der Waals surface area contributed by atoms with Crippen LogP contribution in [0.2, 0.25) is 0 Å². The number of aliphatic carboxylic acids is 2. The van der Waals surface area contributed by atoms with Crippen LogP contribution >= 0.6 is 0 Å². The third kappa shape index (κ3) is 19.3. The molecule has 0 fully saturated rings. The molecule has 90 valence electrons. The van der Waals surface area contributed by atoms with Gasteiger partial charge in [-0.25, -0.2) is 0 Å². The lowest BCUT2D eigenvalue weighted by atomic mass is 10.1. The summed E-state index contributed by atoms with van der Waals surface area (Å²) in [5.74, 6) is -2.28. The van der Waals surface area contributed by atoms with Gasteiger partial charge in [0, 0.05) is 13.2 Å². The molecule has 15 heavy (non-hydrogen) atoms. The van der Waals surface area contributed by atoms with Gasteiger partial charge < -0.3 is 20.4 Å². The Morgan fingerprint density at radius 2 is 1.60 bits per heavy atom. The summed E-state index contributed by atoms with van der Waals surface area (Å²) < 4.78 is 0. The van der Waals surface area contributed by atoms with Crippen LogP contribution in [0.25, 0.3) is 0 Å². The van der Waals surface area contributed by atoms with Crippen LogP contribution in [0.1, 0.15) is 26.2 Å². The molecule has 0 spiro atoms. The monoisotopic (exact) mass is 222 g/mol. The largest absolute Gasteiger partial charge is 0.481 e. The van der Waals surface area contributed by atoms with Gasteiger partial charge in [-0.3, -0.25) is 9.59 Å². The van der Waals surface area contributed by atoms with E-state index >= 15 is 0 Å². The zero-order valence-corrected chi connectivity index (χ0v) is 8.72. The van der Waals surface area contributed by atoms with E-state index in [0.29, 0.717) is 5.92 Å². The number of aliphatic hydroxyl groups is 2. The van der Waals surface area contributed by atoms with Crippen LogP contribution in [0.15, 0.2) is 0 Å². The summed E-state index contributed by atoms with van der Waals surface area (Å²) in [6, 6.07) is 0. The van der Waals surface area contributed by atoms with E-state index < -0.39 is 18.4 Å². The van der Waals surface area contributed by atoms with Gasteiger partial charge >= 0.3 is 11.9 Å². The third-order valence-corrected chi connectivity index (χ3v) is 1.47. The van der Waals surface area contributed by atoms with Crippen molar-refractivity contribution in [1.82, 2.24) is 0 Å². The first-order chi connectivity index (χ1) is 6.93. The number of carboxylic acid groups (broad SMARTS) is 2. The topological polar surface area (TPSA) is 115 Å². The summed E-state index contributed by atoms with van der Waals surface area (Å²) >= 11 is 0. The predicted molar refractivity (Wildman–Crippen MR) is 52.5 cm³/mol. The first kappa shape index (κ1) is 16.3. The van der Waals surface area contributed by atoms with Gasteiger partial charge in [-0.05, 0) is 18.8 Å². The first-order valence-corrected chi connectivity index (χ1v) is 4.59. The zero-order valence-electron chi connectivity index (χ0n) is 8.72. The number of carboxylic acids is 2. The number of aliphatic hydroxyl groups excluding tert-OH is 2. The van der Waals surface area contributed by atoms with Crippen LogP contribution in [0.5, 0.6) is 0 Å². The van der Waals surface area contributed by atoms with Gasteiger partial charge in [0.15, 0.2) is 0 Å². The van der Waals surface area contributed by atoms with Crippen molar-refractivity contribution in [2.45, 2.75) is 26.2 Å². The average molecular weight is 222 g/mol. The fourth-order valence-corrected chi connectivity index (χ4v) is 0.660. The highest BCUT2D eigenvalue weighted by molar-refractivity contribution is 5.88. The Kier molecular flexibility index (Phi) is 11.9. The Morgan fingerprint density at radius 3 is 1.80 bits per heavy atom. The van der Waals surface area contributed by atoms with Crippen molar-refractivity contribution in [2.24, 2.45) is 5.92 Å². The molecule has 0 aromatic heterocycles. The summed E-state index contributed by atoms with van der Waals surface area (Å²) in [6.07, 6.45) is 0.925. The molecule has 0 bridgehead atoms. The van der Waals surface area contributed by atoms with E-state index in [1.165, 1.54) is 0 Å². The molecule has 0 heterocycles. The molecule has 0 saturated carbocycles. The van der Waals surface area contributed by atoms with Crippen LogP contribution in [0.3, 0.4) is 0 Å². The number of hydrogen-bond donors (Lipinski definition) is 4. The van der Waals surface area contributed by atoms with E-state index in [9.17, 15) is 9.59 Å². The van der Waals surface area contributed by atoms with E-state index in [4.69, 9.17) is 20.4 Å². The lowest BCUT2D eigenvalue weighted by Crippen LogP contribution is -2.03. The van der Waals surface area contributed by atoms with E-state index in [0.717, 1.165) is 12.8 Å². The Hall–Kier alpha value is -1.14. The van der Waals surface area contributed by atoms with Gasteiger partial charge in [0.2, 0.25) is 0 Å². The molecule has 6 nitrogen and oxygen atoms in total. The maximum atomic E-state index is 9.43. The maximum absolute atomic E-state index is 9.43. The minimum Gasteiger partial charge on any atom is -0.481 e. The second-order valence-corrected chi connectivity index (χ2v) is 3.12. The van der Waals surface area contributed by atoms with Gasteiger partial charge in [0.05, 0.1) is 0 Å². The van der Waals surface area contributed by atoms with Crippen LogP contribution in [0, 0.1) is 5.92 Å². The molecule has 0 aromatic rings. The first-order valence-electron chi connectivity index (χ1n) is 4.59. The molecule has 1 atom stereocenters. The maximum Gasteiger partial charge on any atom is 0.314 e. The van der Waals surface area contributed by atoms with Crippen LogP contribution in [-0.4, -0.2) is 45.6 Å². The third-order valence-electron chi connectivity index (χ3n) is 1.47. The molecule has 0 aliphatic heterocycles. The average Bonchev–Trinajstić information content (AvgIpc) is 2.12. The standard InChI is InChI=1S/C6H14O2.C3H4O4/c1-6(5-8)3-2-4-7;4-2(5)1-3(6)7/h6-8H,2-5H2,1H3;1H2,(H,4,5)(H,6,7). The van der Waals surface area contributed by atoms with Gasteiger partial charge in [-0.15, -0.1) is 0 Å². The number of carbonyl (C=O) groups is 2. The highest BCUT2D eigenvalue weighted by Crippen LogP contribution is 2.01. The van der Waals surface area contributed by atoms with E-state index in [1.807, 2.05) is 6.92 Å². The Balaban J connectivity index is 0. The summed E-state index contributed by atoms with van der Waals surface area (Å²) in [6.45, 7) is 2.44. The molecule has 0 aliphatic rings. The molecular weight excluding hydrogens is 204 g/mol. The van der Waals surface area contributed by atoms with Crippen LogP contribution < -0.4 is 0 Å². The molecule has 1 unspecified atom stereocenters. The molecule has 0 rings (SSSR count). The van der Waals surface area contributed by atoms with Gasteiger partial charge in [0.1, 0.15) is 6.42 Å². The lowest BCUT2D eigenvalue weighted by molar-refractivity contribution is -0.147. The minimum atomic E-state index is -1.31. The summed E-state index contributed by atoms with van der Waals surface area (Å²) in [5.41, 5.74) is 0. The number of rotatable bonds is 6. The fraction of sp³-hybridized carbons (Fsp3) is 0.778. The highest BCUT2D eigenvalue weighted by atomic mass is 16.4. The van der Waals surface area contributed by atoms with Gasteiger partial charge in [-0.2, -0.15) is 0 Å². The quantitative estimate of drug-likeness (QED) is 0.468. The van der Waals surface area contributed by atoms with Crippen molar-refractivity contribution in [3.05, 3.63) is 0 Å². The second kappa shape index (κ2) is 10.9.